The lowest BCUT2D eigenvalue weighted by Gasteiger charge is -2.24. The van der Waals surface area contributed by atoms with Crippen LogP contribution in [0, 0.1) is 5.82 Å². The van der Waals surface area contributed by atoms with Crippen molar-refractivity contribution in [3.63, 3.8) is 0 Å². The summed E-state index contributed by atoms with van der Waals surface area (Å²) in [5.41, 5.74) is 0.0368. The van der Waals surface area contributed by atoms with Crippen molar-refractivity contribution >= 4 is 6.03 Å². The van der Waals surface area contributed by atoms with Crippen LogP contribution in [0.15, 0.2) is 34.9 Å². The summed E-state index contributed by atoms with van der Waals surface area (Å²) in [6, 6.07) is 6.84. The van der Waals surface area contributed by atoms with Gasteiger partial charge in [-0.2, -0.15) is 0 Å². The van der Waals surface area contributed by atoms with Crippen molar-refractivity contribution in [2.24, 2.45) is 0 Å². The zero-order chi connectivity index (χ0) is 17.7. The van der Waals surface area contributed by atoms with Crippen LogP contribution >= 0.6 is 0 Å². The SMILES string of the molecule is CC(C)c1cc(CNC(=O)NC[C@@](C)(O)c2ccc(F)cc2)on1. The predicted octanol–water partition coefficient (Wildman–Crippen LogP) is 2.64. The van der Waals surface area contributed by atoms with Gasteiger partial charge in [0.05, 0.1) is 18.8 Å². The Hall–Kier alpha value is -2.41. The Morgan fingerprint density at radius 2 is 2.00 bits per heavy atom. The lowest BCUT2D eigenvalue weighted by Crippen LogP contribution is -2.43. The summed E-state index contributed by atoms with van der Waals surface area (Å²) < 4.78 is 18.1. The van der Waals surface area contributed by atoms with Crippen LogP contribution < -0.4 is 10.6 Å². The molecule has 0 fully saturated rings. The molecule has 130 valence electrons. The molecule has 0 aliphatic carbocycles. The summed E-state index contributed by atoms with van der Waals surface area (Å²) in [6.07, 6.45) is 0. The lowest BCUT2D eigenvalue weighted by atomic mass is 9.96. The number of hydrogen-bond donors (Lipinski definition) is 3. The van der Waals surface area contributed by atoms with Gasteiger partial charge in [0, 0.05) is 6.07 Å². The van der Waals surface area contributed by atoms with Crippen molar-refractivity contribution < 1.29 is 18.8 Å². The fourth-order valence-electron chi connectivity index (χ4n) is 2.08. The minimum absolute atomic E-state index is 0.0158. The predicted molar refractivity (Wildman–Crippen MR) is 86.8 cm³/mol. The number of carbonyl (C=O) groups excluding carboxylic acids is 1. The van der Waals surface area contributed by atoms with Gasteiger partial charge >= 0.3 is 6.03 Å². The summed E-state index contributed by atoms with van der Waals surface area (Å²) >= 11 is 0. The number of urea groups is 1. The Morgan fingerprint density at radius 1 is 1.33 bits per heavy atom. The first-order valence-corrected chi connectivity index (χ1v) is 7.73. The fraction of sp³-hybridized carbons (Fsp3) is 0.412. The number of benzene rings is 1. The molecule has 0 aliphatic heterocycles. The molecule has 1 aromatic heterocycles. The van der Waals surface area contributed by atoms with Gasteiger partial charge in [-0.1, -0.05) is 31.1 Å². The number of rotatable bonds is 6. The molecule has 1 atom stereocenters. The number of nitrogens with zero attached hydrogens (tertiary/aromatic N) is 1. The van der Waals surface area contributed by atoms with E-state index in [1.54, 1.807) is 13.0 Å². The van der Waals surface area contributed by atoms with E-state index in [4.69, 9.17) is 4.52 Å². The third-order valence-corrected chi connectivity index (χ3v) is 3.65. The first kappa shape index (κ1) is 17.9. The van der Waals surface area contributed by atoms with Crippen LogP contribution in [0.5, 0.6) is 0 Å². The smallest absolute Gasteiger partial charge is 0.315 e. The molecule has 0 saturated heterocycles. The van der Waals surface area contributed by atoms with E-state index in [0.717, 1.165) is 5.69 Å². The second-order valence-electron chi connectivity index (χ2n) is 6.19. The van der Waals surface area contributed by atoms with E-state index in [9.17, 15) is 14.3 Å². The second-order valence-corrected chi connectivity index (χ2v) is 6.19. The van der Waals surface area contributed by atoms with Crippen LogP contribution in [-0.2, 0) is 12.1 Å². The van der Waals surface area contributed by atoms with Crippen molar-refractivity contribution in [1.29, 1.82) is 0 Å². The molecule has 0 unspecified atom stereocenters. The third-order valence-electron chi connectivity index (χ3n) is 3.65. The van der Waals surface area contributed by atoms with E-state index in [1.807, 2.05) is 13.8 Å². The zero-order valence-electron chi connectivity index (χ0n) is 14.0. The summed E-state index contributed by atoms with van der Waals surface area (Å²) in [5.74, 6) is 0.425. The van der Waals surface area contributed by atoms with Crippen molar-refractivity contribution in [3.8, 4) is 0 Å². The summed E-state index contributed by atoms with van der Waals surface area (Å²) in [6.45, 7) is 5.73. The van der Waals surface area contributed by atoms with Gasteiger partial charge in [0.25, 0.3) is 0 Å². The van der Waals surface area contributed by atoms with Gasteiger partial charge < -0.3 is 20.3 Å². The van der Waals surface area contributed by atoms with E-state index >= 15 is 0 Å². The van der Waals surface area contributed by atoms with Crippen LogP contribution in [0.4, 0.5) is 9.18 Å². The highest BCUT2D eigenvalue weighted by atomic mass is 19.1. The molecule has 1 aromatic carbocycles. The molecule has 2 rings (SSSR count). The van der Waals surface area contributed by atoms with Crippen LogP contribution in [0.25, 0.3) is 0 Å². The summed E-state index contributed by atoms with van der Waals surface area (Å²) in [5, 5.41) is 19.5. The minimum atomic E-state index is -1.30. The monoisotopic (exact) mass is 335 g/mol. The standard InChI is InChI=1S/C17H22FN3O3/c1-11(2)15-8-14(24-21-15)9-19-16(22)20-10-17(3,23)12-4-6-13(18)7-5-12/h4-8,11,23H,9-10H2,1-3H3,(H2,19,20,22)/t17-/m1/s1. The van der Waals surface area contributed by atoms with Crippen molar-refractivity contribution in [3.05, 3.63) is 53.2 Å². The molecule has 24 heavy (non-hydrogen) atoms. The fourth-order valence-corrected chi connectivity index (χ4v) is 2.08. The average Bonchev–Trinajstić information content (AvgIpc) is 3.01. The largest absolute Gasteiger partial charge is 0.384 e. The third kappa shape index (κ3) is 4.79. The highest BCUT2D eigenvalue weighted by molar-refractivity contribution is 5.73. The average molecular weight is 335 g/mol. The zero-order valence-corrected chi connectivity index (χ0v) is 14.0. The lowest BCUT2D eigenvalue weighted by molar-refractivity contribution is 0.0593. The van der Waals surface area contributed by atoms with Crippen molar-refractivity contribution in [1.82, 2.24) is 15.8 Å². The Kier molecular flexibility index (Phi) is 5.56. The number of amides is 2. The highest BCUT2D eigenvalue weighted by Crippen LogP contribution is 2.19. The number of hydrogen-bond acceptors (Lipinski definition) is 4. The molecule has 0 bridgehead atoms. The van der Waals surface area contributed by atoms with E-state index in [1.165, 1.54) is 24.3 Å². The van der Waals surface area contributed by atoms with Gasteiger partial charge in [-0.3, -0.25) is 0 Å². The van der Waals surface area contributed by atoms with Crippen molar-refractivity contribution in [2.45, 2.75) is 38.8 Å². The van der Waals surface area contributed by atoms with Gasteiger partial charge in [0.1, 0.15) is 11.4 Å². The quantitative estimate of drug-likeness (QED) is 0.757. The van der Waals surface area contributed by atoms with Crippen LogP contribution in [-0.4, -0.2) is 22.8 Å². The van der Waals surface area contributed by atoms with Gasteiger partial charge in [-0.25, -0.2) is 9.18 Å². The molecule has 3 N–H and O–H groups in total. The number of halogens is 1. The normalized spacial score (nSPS) is 13.6. The maximum absolute atomic E-state index is 12.9. The van der Waals surface area contributed by atoms with Crippen LogP contribution in [0.2, 0.25) is 0 Å². The second kappa shape index (κ2) is 7.44. The topological polar surface area (TPSA) is 87.4 Å². The molecule has 0 aliphatic rings. The Morgan fingerprint density at radius 3 is 2.58 bits per heavy atom. The molecule has 7 heteroatoms. The van der Waals surface area contributed by atoms with E-state index in [-0.39, 0.29) is 24.8 Å². The van der Waals surface area contributed by atoms with E-state index in [2.05, 4.69) is 15.8 Å². The molecule has 1 heterocycles. The van der Waals surface area contributed by atoms with Crippen LogP contribution in [0.1, 0.15) is 43.7 Å². The first-order valence-electron chi connectivity index (χ1n) is 7.73. The molecule has 0 spiro atoms. The van der Waals surface area contributed by atoms with Gasteiger partial charge in [-0.05, 0) is 30.5 Å². The maximum Gasteiger partial charge on any atom is 0.315 e. The molecular weight excluding hydrogens is 313 g/mol. The number of nitrogens with one attached hydrogen (secondary N) is 2. The molecule has 6 nitrogen and oxygen atoms in total. The maximum atomic E-state index is 12.9. The van der Waals surface area contributed by atoms with Gasteiger partial charge in [-0.15, -0.1) is 0 Å². The molecular formula is C17H22FN3O3. The molecule has 0 saturated carbocycles. The highest BCUT2D eigenvalue weighted by Gasteiger charge is 2.23. The molecule has 2 amide bonds. The van der Waals surface area contributed by atoms with Gasteiger partial charge in [0.2, 0.25) is 0 Å². The molecule has 2 aromatic rings. The van der Waals surface area contributed by atoms with E-state index < -0.39 is 11.6 Å². The minimum Gasteiger partial charge on any atom is -0.384 e. The Bertz CT molecular complexity index is 681. The van der Waals surface area contributed by atoms with Crippen LogP contribution in [0.3, 0.4) is 0 Å². The van der Waals surface area contributed by atoms with Crippen molar-refractivity contribution in [2.75, 3.05) is 6.54 Å². The van der Waals surface area contributed by atoms with E-state index in [0.29, 0.717) is 11.3 Å². The first-order chi connectivity index (χ1) is 11.3. The summed E-state index contributed by atoms with van der Waals surface area (Å²) in [4.78, 5) is 11.8. The molecule has 0 radical (unpaired) electrons. The number of aromatic nitrogens is 1. The Labute approximate surface area is 140 Å². The Balaban J connectivity index is 1.82. The van der Waals surface area contributed by atoms with Gasteiger partial charge in [0.15, 0.2) is 5.76 Å². The summed E-state index contributed by atoms with van der Waals surface area (Å²) in [7, 11) is 0. The number of carbonyl (C=O) groups is 1. The number of aliphatic hydroxyl groups is 1.